The van der Waals surface area contributed by atoms with E-state index in [9.17, 15) is 5.11 Å². The molecule has 1 aliphatic rings. The van der Waals surface area contributed by atoms with E-state index >= 15 is 0 Å². The Morgan fingerprint density at radius 3 is 2.69 bits per heavy atom. The van der Waals surface area contributed by atoms with Gasteiger partial charge in [0.2, 0.25) is 0 Å². The smallest absolute Gasteiger partial charge is 0.0782 e. The van der Waals surface area contributed by atoms with Crippen LogP contribution in [0.25, 0.3) is 0 Å². The van der Waals surface area contributed by atoms with Gasteiger partial charge in [-0.15, -0.1) is 0 Å². The minimum Gasteiger partial charge on any atom is -0.389 e. The summed E-state index contributed by atoms with van der Waals surface area (Å²) in [6, 6.07) is 6.00. The summed E-state index contributed by atoms with van der Waals surface area (Å²) < 4.78 is 6.38. The van der Waals surface area contributed by atoms with Gasteiger partial charge in [-0.3, -0.25) is 0 Å². The molecular weight excluding hydrogens is 270 g/mol. The first-order chi connectivity index (χ1) is 7.68. The normalized spacial score (nSPS) is 18.6. The van der Waals surface area contributed by atoms with Crippen LogP contribution < -0.4 is 4.90 Å². The Morgan fingerprint density at radius 2 is 2.06 bits per heavy atom. The Balaban J connectivity index is 2.32. The maximum Gasteiger partial charge on any atom is 0.0782 e. The van der Waals surface area contributed by atoms with Crippen LogP contribution in [0.3, 0.4) is 0 Å². The number of aliphatic hydroxyl groups is 1. The standard InChI is InChI=1S/C12H16BrNO2/c1-9(15)11-3-2-10(13)8-12(11)14-4-6-16-7-5-14/h2-3,8-9,15H,4-7H2,1H3. The Bertz CT molecular complexity index is 362. The minimum absolute atomic E-state index is 0.439. The molecule has 0 saturated carbocycles. The zero-order valence-electron chi connectivity index (χ0n) is 9.32. The lowest BCUT2D eigenvalue weighted by molar-refractivity contribution is 0.122. The molecule has 0 amide bonds. The number of hydrogen-bond acceptors (Lipinski definition) is 3. The Kier molecular flexibility index (Phi) is 3.84. The number of morpholine rings is 1. The lowest BCUT2D eigenvalue weighted by atomic mass is 10.1. The molecule has 1 unspecified atom stereocenters. The zero-order chi connectivity index (χ0) is 11.5. The fourth-order valence-corrected chi connectivity index (χ4v) is 2.30. The van der Waals surface area contributed by atoms with Gasteiger partial charge in [-0.25, -0.2) is 0 Å². The highest BCUT2D eigenvalue weighted by molar-refractivity contribution is 9.10. The average Bonchev–Trinajstić information content (AvgIpc) is 2.29. The second-order valence-electron chi connectivity index (χ2n) is 3.98. The summed E-state index contributed by atoms with van der Waals surface area (Å²) in [5.41, 5.74) is 2.08. The van der Waals surface area contributed by atoms with Crippen LogP contribution in [0.5, 0.6) is 0 Å². The van der Waals surface area contributed by atoms with E-state index in [0.717, 1.165) is 42.0 Å². The number of benzene rings is 1. The van der Waals surface area contributed by atoms with Crippen molar-refractivity contribution in [2.24, 2.45) is 0 Å². The van der Waals surface area contributed by atoms with E-state index in [1.165, 1.54) is 0 Å². The van der Waals surface area contributed by atoms with E-state index in [4.69, 9.17) is 4.74 Å². The number of ether oxygens (including phenoxy) is 1. The molecule has 88 valence electrons. The molecule has 1 aliphatic heterocycles. The Labute approximate surface area is 104 Å². The van der Waals surface area contributed by atoms with E-state index in [1.54, 1.807) is 6.92 Å². The van der Waals surface area contributed by atoms with Crippen LogP contribution in [0.4, 0.5) is 5.69 Å². The first-order valence-electron chi connectivity index (χ1n) is 5.48. The van der Waals surface area contributed by atoms with E-state index in [-0.39, 0.29) is 0 Å². The number of halogens is 1. The molecule has 3 nitrogen and oxygen atoms in total. The summed E-state index contributed by atoms with van der Waals surface area (Å²) in [6.07, 6.45) is -0.439. The number of rotatable bonds is 2. The lowest BCUT2D eigenvalue weighted by Crippen LogP contribution is -2.36. The van der Waals surface area contributed by atoms with Crippen LogP contribution >= 0.6 is 15.9 Å². The van der Waals surface area contributed by atoms with Crippen molar-refractivity contribution in [2.45, 2.75) is 13.0 Å². The van der Waals surface area contributed by atoms with Crippen molar-refractivity contribution in [3.05, 3.63) is 28.2 Å². The van der Waals surface area contributed by atoms with Gasteiger partial charge >= 0.3 is 0 Å². The van der Waals surface area contributed by atoms with Crippen LogP contribution in [0, 0.1) is 0 Å². The van der Waals surface area contributed by atoms with Gasteiger partial charge in [0, 0.05) is 28.8 Å². The topological polar surface area (TPSA) is 32.7 Å². The van der Waals surface area contributed by atoms with Gasteiger partial charge in [0.25, 0.3) is 0 Å². The van der Waals surface area contributed by atoms with E-state index in [2.05, 4.69) is 26.9 Å². The van der Waals surface area contributed by atoms with Gasteiger partial charge in [0.15, 0.2) is 0 Å². The molecule has 2 rings (SSSR count). The molecule has 1 aromatic rings. The molecule has 0 aliphatic carbocycles. The van der Waals surface area contributed by atoms with E-state index in [1.807, 2.05) is 12.1 Å². The fraction of sp³-hybridized carbons (Fsp3) is 0.500. The molecule has 1 fully saturated rings. The van der Waals surface area contributed by atoms with E-state index in [0.29, 0.717) is 0 Å². The second-order valence-corrected chi connectivity index (χ2v) is 4.89. The third-order valence-corrected chi connectivity index (χ3v) is 3.29. The minimum atomic E-state index is -0.439. The molecule has 0 radical (unpaired) electrons. The summed E-state index contributed by atoms with van der Waals surface area (Å²) in [5, 5.41) is 9.75. The predicted molar refractivity (Wildman–Crippen MR) is 67.8 cm³/mol. The van der Waals surface area contributed by atoms with Crippen molar-refractivity contribution in [3.63, 3.8) is 0 Å². The monoisotopic (exact) mass is 285 g/mol. The molecule has 0 aromatic heterocycles. The molecule has 0 bridgehead atoms. The molecule has 1 N–H and O–H groups in total. The van der Waals surface area contributed by atoms with Gasteiger partial charge in [-0.05, 0) is 19.1 Å². The molecule has 1 atom stereocenters. The van der Waals surface area contributed by atoms with E-state index < -0.39 is 6.10 Å². The molecule has 4 heteroatoms. The zero-order valence-corrected chi connectivity index (χ0v) is 10.9. The van der Waals surface area contributed by atoms with Crippen LogP contribution in [-0.4, -0.2) is 31.4 Å². The summed E-state index contributed by atoms with van der Waals surface area (Å²) in [4.78, 5) is 2.26. The van der Waals surface area contributed by atoms with Crippen molar-refractivity contribution < 1.29 is 9.84 Å². The van der Waals surface area contributed by atoms with Gasteiger partial charge in [-0.2, -0.15) is 0 Å². The summed E-state index contributed by atoms with van der Waals surface area (Å²) in [6.45, 7) is 5.08. The van der Waals surface area contributed by atoms with Crippen molar-refractivity contribution in [1.82, 2.24) is 0 Å². The van der Waals surface area contributed by atoms with Crippen LogP contribution in [0.15, 0.2) is 22.7 Å². The average molecular weight is 286 g/mol. The molecule has 16 heavy (non-hydrogen) atoms. The van der Waals surface area contributed by atoms with Crippen LogP contribution in [0.1, 0.15) is 18.6 Å². The number of hydrogen-bond donors (Lipinski definition) is 1. The van der Waals surface area contributed by atoms with Gasteiger partial charge in [0.1, 0.15) is 0 Å². The summed E-state index contributed by atoms with van der Waals surface area (Å²) in [5.74, 6) is 0. The maximum atomic E-state index is 9.75. The largest absolute Gasteiger partial charge is 0.389 e. The van der Waals surface area contributed by atoms with Gasteiger partial charge in [0.05, 0.1) is 19.3 Å². The fourth-order valence-electron chi connectivity index (χ4n) is 1.95. The molecule has 0 spiro atoms. The highest BCUT2D eigenvalue weighted by atomic mass is 79.9. The van der Waals surface area contributed by atoms with Crippen LogP contribution in [-0.2, 0) is 4.74 Å². The number of aliphatic hydroxyl groups excluding tert-OH is 1. The van der Waals surface area contributed by atoms with Crippen molar-refractivity contribution in [2.75, 3.05) is 31.2 Å². The summed E-state index contributed by atoms with van der Waals surface area (Å²) in [7, 11) is 0. The first-order valence-corrected chi connectivity index (χ1v) is 6.28. The Morgan fingerprint density at radius 1 is 1.38 bits per heavy atom. The molecule has 1 heterocycles. The van der Waals surface area contributed by atoms with Crippen molar-refractivity contribution in [1.29, 1.82) is 0 Å². The SMILES string of the molecule is CC(O)c1ccc(Br)cc1N1CCOCC1. The molecule has 1 aromatic carbocycles. The quantitative estimate of drug-likeness (QED) is 0.905. The molecule has 1 saturated heterocycles. The predicted octanol–water partition coefficient (Wildman–Crippen LogP) is 2.34. The van der Waals surface area contributed by atoms with Crippen LogP contribution in [0.2, 0.25) is 0 Å². The number of anilines is 1. The lowest BCUT2D eigenvalue weighted by Gasteiger charge is -2.31. The maximum absolute atomic E-state index is 9.75. The Hall–Kier alpha value is -0.580. The third kappa shape index (κ3) is 2.56. The van der Waals surface area contributed by atoms with Gasteiger partial charge in [-0.1, -0.05) is 22.0 Å². The van der Waals surface area contributed by atoms with Crippen molar-refractivity contribution in [3.8, 4) is 0 Å². The van der Waals surface area contributed by atoms with Crippen molar-refractivity contribution >= 4 is 21.6 Å². The summed E-state index contributed by atoms with van der Waals surface area (Å²) >= 11 is 3.47. The highest BCUT2D eigenvalue weighted by Gasteiger charge is 2.17. The third-order valence-electron chi connectivity index (χ3n) is 2.79. The molecular formula is C12H16BrNO2. The number of nitrogens with zero attached hydrogens (tertiary/aromatic N) is 1. The first kappa shape index (κ1) is 11.9. The highest BCUT2D eigenvalue weighted by Crippen LogP contribution is 2.30. The second kappa shape index (κ2) is 5.17. The van der Waals surface area contributed by atoms with Gasteiger partial charge < -0.3 is 14.7 Å².